The van der Waals surface area contributed by atoms with E-state index in [1.165, 1.54) is 0 Å². The van der Waals surface area contributed by atoms with Crippen LogP contribution in [0.2, 0.25) is 0 Å². The van der Waals surface area contributed by atoms with E-state index in [-0.39, 0.29) is 0 Å². The SMILES string of the molecule is Cc1cc(N2CCN(C)CC2)c2cc(C#N)c3nc4ccccc4n3c2n1. The Morgan fingerprint density at radius 1 is 1.00 bits per heavy atom. The number of piperazine rings is 1. The van der Waals surface area contributed by atoms with Gasteiger partial charge in [-0.25, -0.2) is 9.97 Å². The fourth-order valence-electron chi connectivity index (χ4n) is 3.98. The topological polar surface area (TPSA) is 60.5 Å². The molecule has 6 heteroatoms. The molecule has 1 aliphatic rings. The molecule has 0 saturated carbocycles. The zero-order valence-electron chi connectivity index (χ0n) is 15.5. The summed E-state index contributed by atoms with van der Waals surface area (Å²) in [6.07, 6.45) is 0. The molecule has 1 aliphatic heterocycles. The second-order valence-corrected chi connectivity index (χ2v) is 7.24. The summed E-state index contributed by atoms with van der Waals surface area (Å²) in [5, 5.41) is 10.8. The first-order valence-corrected chi connectivity index (χ1v) is 9.21. The van der Waals surface area contributed by atoms with E-state index >= 15 is 0 Å². The summed E-state index contributed by atoms with van der Waals surface area (Å²) in [6, 6.07) is 14.4. The molecule has 1 aromatic carbocycles. The number of nitrogens with zero attached hydrogens (tertiary/aromatic N) is 6. The Balaban J connectivity index is 1.88. The van der Waals surface area contributed by atoms with E-state index < -0.39 is 0 Å². The molecular formula is C21H20N6. The predicted molar refractivity (Wildman–Crippen MR) is 107 cm³/mol. The average Bonchev–Trinajstić information content (AvgIpc) is 3.07. The summed E-state index contributed by atoms with van der Waals surface area (Å²) >= 11 is 0. The molecule has 0 unspecified atom stereocenters. The molecule has 1 fully saturated rings. The number of hydrogen-bond donors (Lipinski definition) is 0. The van der Waals surface area contributed by atoms with Crippen LogP contribution in [-0.2, 0) is 0 Å². The van der Waals surface area contributed by atoms with Crippen LogP contribution >= 0.6 is 0 Å². The van der Waals surface area contributed by atoms with Gasteiger partial charge in [-0.15, -0.1) is 0 Å². The van der Waals surface area contributed by atoms with Crippen molar-refractivity contribution in [3.8, 4) is 6.07 Å². The van der Waals surface area contributed by atoms with Gasteiger partial charge >= 0.3 is 0 Å². The first-order valence-electron chi connectivity index (χ1n) is 9.21. The third-order valence-electron chi connectivity index (χ3n) is 5.41. The third kappa shape index (κ3) is 2.43. The molecule has 0 radical (unpaired) electrons. The zero-order valence-corrected chi connectivity index (χ0v) is 15.5. The largest absolute Gasteiger partial charge is 0.368 e. The number of hydrogen-bond acceptors (Lipinski definition) is 5. The summed E-state index contributed by atoms with van der Waals surface area (Å²) in [7, 11) is 2.15. The first kappa shape index (κ1) is 16.0. The van der Waals surface area contributed by atoms with E-state index in [9.17, 15) is 5.26 Å². The van der Waals surface area contributed by atoms with Crippen LogP contribution in [0.15, 0.2) is 36.4 Å². The van der Waals surface area contributed by atoms with Crippen molar-refractivity contribution in [1.82, 2.24) is 19.3 Å². The molecule has 6 nitrogen and oxygen atoms in total. The van der Waals surface area contributed by atoms with Gasteiger partial charge in [0.2, 0.25) is 0 Å². The normalized spacial score (nSPS) is 15.7. The number of benzene rings is 1. The second-order valence-electron chi connectivity index (χ2n) is 7.24. The molecule has 0 amide bonds. The van der Waals surface area contributed by atoms with Crippen molar-refractivity contribution in [2.75, 3.05) is 38.1 Å². The Kier molecular flexibility index (Phi) is 3.52. The van der Waals surface area contributed by atoms with Gasteiger partial charge in [0.25, 0.3) is 0 Å². The molecular weight excluding hydrogens is 336 g/mol. The van der Waals surface area contributed by atoms with Gasteiger partial charge in [-0.1, -0.05) is 12.1 Å². The number of likely N-dealkylation sites (N-methyl/N-ethyl adjacent to an activating group) is 1. The number of rotatable bonds is 1. The number of para-hydroxylation sites is 2. The number of fused-ring (bicyclic) bond motifs is 5. The van der Waals surface area contributed by atoms with Gasteiger partial charge in [0.1, 0.15) is 11.7 Å². The summed E-state index contributed by atoms with van der Waals surface area (Å²) in [5.74, 6) is 0. The van der Waals surface area contributed by atoms with E-state index in [0.29, 0.717) is 11.2 Å². The second kappa shape index (κ2) is 5.93. The van der Waals surface area contributed by atoms with Crippen molar-refractivity contribution in [1.29, 1.82) is 5.26 Å². The van der Waals surface area contributed by atoms with Crippen LogP contribution in [0.1, 0.15) is 11.3 Å². The lowest BCUT2D eigenvalue weighted by atomic mass is 10.1. The molecule has 27 heavy (non-hydrogen) atoms. The molecule has 3 aromatic heterocycles. The quantitative estimate of drug-likeness (QED) is 0.525. The first-order chi connectivity index (χ1) is 13.2. The van der Waals surface area contributed by atoms with Gasteiger partial charge in [-0.2, -0.15) is 5.26 Å². The van der Waals surface area contributed by atoms with Gasteiger partial charge in [0.15, 0.2) is 5.65 Å². The summed E-state index contributed by atoms with van der Waals surface area (Å²) in [6.45, 7) is 6.04. The van der Waals surface area contributed by atoms with Crippen LogP contribution < -0.4 is 4.90 Å². The van der Waals surface area contributed by atoms with Crippen molar-refractivity contribution in [3.05, 3.63) is 47.7 Å². The number of aryl methyl sites for hydroxylation is 1. The number of nitriles is 1. The average molecular weight is 356 g/mol. The molecule has 4 heterocycles. The minimum absolute atomic E-state index is 0.583. The van der Waals surface area contributed by atoms with Crippen LogP contribution in [-0.4, -0.2) is 52.5 Å². The van der Waals surface area contributed by atoms with Gasteiger partial charge < -0.3 is 9.80 Å². The van der Waals surface area contributed by atoms with Crippen molar-refractivity contribution in [3.63, 3.8) is 0 Å². The van der Waals surface area contributed by atoms with Gasteiger partial charge in [0.05, 0.1) is 16.6 Å². The van der Waals surface area contributed by atoms with Crippen LogP contribution in [0, 0.1) is 18.3 Å². The van der Waals surface area contributed by atoms with E-state index in [2.05, 4.69) is 29.0 Å². The number of imidazole rings is 1. The van der Waals surface area contributed by atoms with Gasteiger partial charge in [-0.3, -0.25) is 4.40 Å². The lowest BCUT2D eigenvalue weighted by Gasteiger charge is -2.34. The Hall–Kier alpha value is -3.17. The predicted octanol–water partition coefficient (Wildman–Crippen LogP) is 2.97. The Morgan fingerprint density at radius 2 is 1.78 bits per heavy atom. The Labute approximate surface area is 157 Å². The van der Waals surface area contributed by atoms with Crippen LogP contribution in [0.25, 0.3) is 27.7 Å². The molecule has 1 saturated heterocycles. The van der Waals surface area contributed by atoms with Crippen molar-refractivity contribution >= 4 is 33.4 Å². The highest BCUT2D eigenvalue weighted by Gasteiger charge is 2.21. The maximum absolute atomic E-state index is 9.77. The molecule has 134 valence electrons. The number of anilines is 1. The molecule has 5 rings (SSSR count). The lowest BCUT2D eigenvalue weighted by molar-refractivity contribution is 0.313. The van der Waals surface area contributed by atoms with Crippen LogP contribution in [0.3, 0.4) is 0 Å². The number of pyridine rings is 2. The maximum atomic E-state index is 9.77. The van der Waals surface area contributed by atoms with Crippen LogP contribution in [0.5, 0.6) is 0 Å². The smallest absolute Gasteiger partial charge is 0.157 e. The molecule has 0 aliphatic carbocycles. The Morgan fingerprint density at radius 3 is 2.56 bits per heavy atom. The highest BCUT2D eigenvalue weighted by molar-refractivity contribution is 5.97. The molecule has 0 bridgehead atoms. The minimum Gasteiger partial charge on any atom is -0.368 e. The fourth-order valence-corrected chi connectivity index (χ4v) is 3.98. The lowest BCUT2D eigenvalue weighted by Crippen LogP contribution is -2.44. The molecule has 0 spiro atoms. The highest BCUT2D eigenvalue weighted by atomic mass is 15.2. The summed E-state index contributed by atoms with van der Waals surface area (Å²) < 4.78 is 2.04. The van der Waals surface area contributed by atoms with E-state index in [1.54, 1.807) is 0 Å². The zero-order chi connectivity index (χ0) is 18.5. The molecule has 4 aromatic rings. The fraction of sp³-hybridized carbons (Fsp3) is 0.286. The highest BCUT2D eigenvalue weighted by Crippen LogP contribution is 2.32. The van der Waals surface area contributed by atoms with Crippen LogP contribution in [0.4, 0.5) is 5.69 Å². The van der Waals surface area contributed by atoms with Crippen molar-refractivity contribution in [2.45, 2.75) is 6.92 Å². The summed E-state index contributed by atoms with van der Waals surface area (Å²) in [4.78, 5) is 14.3. The maximum Gasteiger partial charge on any atom is 0.157 e. The minimum atomic E-state index is 0.583. The van der Waals surface area contributed by atoms with E-state index in [1.807, 2.05) is 41.7 Å². The molecule has 0 atom stereocenters. The van der Waals surface area contributed by atoms with Crippen molar-refractivity contribution < 1.29 is 0 Å². The summed E-state index contributed by atoms with van der Waals surface area (Å²) in [5.41, 5.74) is 6.12. The Bertz CT molecular complexity index is 1220. The monoisotopic (exact) mass is 356 g/mol. The van der Waals surface area contributed by atoms with E-state index in [4.69, 9.17) is 9.97 Å². The third-order valence-corrected chi connectivity index (χ3v) is 5.41. The van der Waals surface area contributed by atoms with E-state index in [0.717, 1.165) is 59.6 Å². The van der Waals surface area contributed by atoms with Crippen molar-refractivity contribution in [2.24, 2.45) is 0 Å². The molecule has 0 N–H and O–H groups in total. The van der Waals surface area contributed by atoms with Gasteiger partial charge in [-0.05, 0) is 38.2 Å². The van der Waals surface area contributed by atoms with Gasteiger partial charge in [0, 0.05) is 42.9 Å². The number of aromatic nitrogens is 3. The standard InChI is InChI=1S/C21H20N6/c1-14-11-19(26-9-7-25(2)8-10-26)16-12-15(13-22)20-24-17-5-3-4-6-18(17)27(20)21(16)23-14/h3-6,11-12H,7-10H2,1-2H3.